The summed E-state index contributed by atoms with van der Waals surface area (Å²) in [5.41, 5.74) is 7.36. The molecule has 2 amide bonds. The zero-order chi connectivity index (χ0) is 24.7. The summed E-state index contributed by atoms with van der Waals surface area (Å²) in [6.45, 7) is 3.84. The van der Waals surface area contributed by atoms with Crippen LogP contribution in [-0.4, -0.2) is 68.8 Å². The van der Waals surface area contributed by atoms with Crippen molar-refractivity contribution in [3.8, 4) is 5.75 Å². The van der Waals surface area contributed by atoms with Crippen molar-refractivity contribution in [1.82, 2.24) is 10.2 Å². The summed E-state index contributed by atoms with van der Waals surface area (Å²) in [7, 11) is 0. The maximum Gasteiger partial charge on any atom is 0.242 e. The normalized spacial score (nSPS) is 15.6. The quantitative estimate of drug-likeness (QED) is 0.400. The van der Waals surface area contributed by atoms with Crippen LogP contribution in [0.1, 0.15) is 30.4 Å². The molecule has 1 unspecified atom stereocenters. The van der Waals surface area contributed by atoms with Crippen LogP contribution < -0.4 is 15.8 Å². The van der Waals surface area contributed by atoms with Gasteiger partial charge in [-0.25, -0.2) is 0 Å². The molecule has 0 saturated carbocycles. The molecule has 3 N–H and O–H groups in total. The highest BCUT2D eigenvalue weighted by molar-refractivity contribution is 5.88. The zero-order valence-corrected chi connectivity index (χ0v) is 20.3. The highest BCUT2D eigenvalue weighted by Crippen LogP contribution is 2.20. The Kier molecular flexibility index (Phi) is 11.5. The fraction of sp³-hybridized carbons (Fsp3) is 0.481. The maximum atomic E-state index is 13.0. The lowest BCUT2D eigenvalue weighted by Gasteiger charge is -2.35. The van der Waals surface area contributed by atoms with Crippen molar-refractivity contribution >= 4 is 11.8 Å². The van der Waals surface area contributed by atoms with E-state index in [1.165, 1.54) is 0 Å². The number of rotatable bonds is 14. The lowest BCUT2D eigenvalue weighted by Crippen LogP contribution is -2.52. The topological polar surface area (TPSA) is 103 Å². The SMILES string of the molecule is NCCOCCOCCNC(=O)C1CCCCN1C(=O)Cc1ccc(OCc2ccccc2)cc1. The Morgan fingerprint density at radius 2 is 1.66 bits per heavy atom. The molecule has 0 radical (unpaired) electrons. The molecule has 1 atom stereocenters. The predicted octanol–water partition coefficient (Wildman–Crippen LogP) is 2.30. The third-order valence-corrected chi connectivity index (χ3v) is 5.83. The molecule has 0 bridgehead atoms. The summed E-state index contributed by atoms with van der Waals surface area (Å²) in [5.74, 6) is 0.607. The van der Waals surface area contributed by atoms with Gasteiger partial charge in [0.25, 0.3) is 0 Å². The average Bonchev–Trinajstić information content (AvgIpc) is 2.90. The van der Waals surface area contributed by atoms with Crippen molar-refractivity contribution < 1.29 is 23.8 Å². The summed E-state index contributed by atoms with van der Waals surface area (Å²) in [5, 5.41) is 2.90. The molecular weight excluding hydrogens is 446 g/mol. The summed E-state index contributed by atoms with van der Waals surface area (Å²) in [6.07, 6.45) is 2.78. The van der Waals surface area contributed by atoms with Gasteiger partial charge in [0.2, 0.25) is 11.8 Å². The first-order valence-corrected chi connectivity index (χ1v) is 12.4. The van der Waals surface area contributed by atoms with Crippen LogP contribution in [0.4, 0.5) is 0 Å². The molecule has 1 saturated heterocycles. The van der Waals surface area contributed by atoms with E-state index in [9.17, 15) is 9.59 Å². The first kappa shape index (κ1) is 26.7. The Balaban J connectivity index is 1.42. The van der Waals surface area contributed by atoms with Gasteiger partial charge in [-0.15, -0.1) is 0 Å². The van der Waals surface area contributed by atoms with Crippen molar-refractivity contribution in [2.75, 3.05) is 46.1 Å². The molecule has 1 heterocycles. The molecule has 1 aliphatic heterocycles. The number of ether oxygens (including phenoxy) is 3. The molecule has 2 aromatic carbocycles. The Morgan fingerprint density at radius 3 is 2.40 bits per heavy atom. The van der Waals surface area contributed by atoms with Crippen molar-refractivity contribution in [3.05, 3.63) is 65.7 Å². The average molecular weight is 484 g/mol. The summed E-state index contributed by atoms with van der Waals surface area (Å²) < 4.78 is 16.5. The van der Waals surface area contributed by atoms with Crippen molar-refractivity contribution in [3.63, 3.8) is 0 Å². The minimum absolute atomic E-state index is 0.0314. The van der Waals surface area contributed by atoms with E-state index in [0.29, 0.717) is 59.1 Å². The van der Waals surface area contributed by atoms with E-state index in [-0.39, 0.29) is 18.2 Å². The molecule has 8 nitrogen and oxygen atoms in total. The zero-order valence-electron chi connectivity index (χ0n) is 20.3. The van der Waals surface area contributed by atoms with Gasteiger partial charge in [-0.2, -0.15) is 0 Å². The molecule has 1 aliphatic rings. The molecule has 8 heteroatoms. The third kappa shape index (κ3) is 9.32. The van der Waals surface area contributed by atoms with Gasteiger partial charge in [0.05, 0.1) is 32.8 Å². The molecule has 3 rings (SSSR count). The van der Waals surface area contributed by atoms with Gasteiger partial charge < -0.3 is 30.2 Å². The maximum absolute atomic E-state index is 13.0. The van der Waals surface area contributed by atoms with Crippen molar-refractivity contribution in [2.45, 2.75) is 38.3 Å². The van der Waals surface area contributed by atoms with Crippen LogP contribution in [0.2, 0.25) is 0 Å². The highest BCUT2D eigenvalue weighted by atomic mass is 16.5. The fourth-order valence-corrected chi connectivity index (χ4v) is 3.99. The Bertz CT molecular complexity index is 891. The van der Waals surface area contributed by atoms with Gasteiger partial charge in [0, 0.05) is 19.6 Å². The van der Waals surface area contributed by atoms with Crippen LogP contribution in [0.25, 0.3) is 0 Å². The van der Waals surface area contributed by atoms with E-state index >= 15 is 0 Å². The van der Waals surface area contributed by atoms with Gasteiger partial charge in [-0.1, -0.05) is 42.5 Å². The third-order valence-electron chi connectivity index (χ3n) is 5.83. The largest absolute Gasteiger partial charge is 0.489 e. The lowest BCUT2D eigenvalue weighted by atomic mass is 10.00. The van der Waals surface area contributed by atoms with Crippen molar-refractivity contribution in [2.24, 2.45) is 5.73 Å². The second-order valence-corrected chi connectivity index (χ2v) is 8.50. The van der Waals surface area contributed by atoms with Gasteiger partial charge in [0.15, 0.2) is 0 Å². The van der Waals surface area contributed by atoms with E-state index < -0.39 is 6.04 Å². The van der Waals surface area contributed by atoms with Crippen LogP contribution in [-0.2, 0) is 32.1 Å². The minimum atomic E-state index is -0.433. The monoisotopic (exact) mass is 483 g/mol. The van der Waals surface area contributed by atoms with Gasteiger partial charge >= 0.3 is 0 Å². The Labute approximate surface area is 207 Å². The number of nitrogens with zero attached hydrogens (tertiary/aromatic N) is 1. The first-order chi connectivity index (χ1) is 17.2. The number of nitrogens with two attached hydrogens (primary N) is 1. The minimum Gasteiger partial charge on any atom is -0.489 e. The molecule has 35 heavy (non-hydrogen) atoms. The molecular formula is C27H37N3O5. The molecule has 0 aromatic heterocycles. The van der Waals surface area contributed by atoms with E-state index in [1.807, 2.05) is 54.6 Å². The Hall–Kier alpha value is -2.94. The number of carbonyl (C=O) groups is 2. The number of hydrogen-bond acceptors (Lipinski definition) is 6. The summed E-state index contributed by atoms with van der Waals surface area (Å²) >= 11 is 0. The van der Waals surface area contributed by atoms with Crippen molar-refractivity contribution in [1.29, 1.82) is 0 Å². The number of likely N-dealkylation sites (tertiary alicyclic amines) is 1. The summed E-state index contributed by atoms with van der Waals surface area (Å²) in [4.78, 5) is 27.5. The van der Waals surface area contributed by atoms with Crippen LogP contribution in [0.15, 0.2) is 54.6 Å². The second-order valence-electron chi connectivity index (χ2n) is 8.50. The van der Waals surface area contributed by atoms with E-state index in [2.05, 4.69) is 5.32 Å². The van der Waals surface area contributed by atoms with E-state index in [1.54, 1.807) is 4.90 Å². The lowest BCUT2D eigenvalue weighted by molar-refractivity contribution is -0.141. The van der Waals surface area contributed by atoms with Crippen LogP contribution >= 0.6 is 0 Å². The van der Waals surface area contributed by atoms with Crippen LogP contribution in [0, 0.1) is 0 Å². The number of nitrogens with one attached hydrogen (secondary N) is 1. The van der Waals surface area contributed by atoms with Gasteiger partial charge in [-0.3, -0.25) is 9.59 Å². The van der Waals surface area contributed by atoms with Crippen LogP contribution in [0.3, 0.4) is 0 Å². The van der Waals surface area contributed by atoms with E-state index in [0.717, 1.165) is 29.7 Å². The Morgan fingerprint density at radius 1 is 0.914 bits per heavy atom. The number of piperidine rings is 1. The van der Waals surface area contributed by atoms with E-state index in [4.69, 9.17) is 19.9 Å². The number of hydrogen-bond donors (Lipinski definition) is 2. The summed E-state index contributed by atoms with van der Waals surface area (Å²) in [6, 6.07) is 17.1. The smallest absolute Gasteiger partial charge is 0.242 e. The number of benzene rings is 2. The highest BCUT2D eigenvalue weighted by Gasteiger charge is 2.31. The second kappa shape index (κ2) is 15.1. The predicted molar refractivity (Wildman–Crippen MR) is 134 cm³/mol. The fourth-order valence-electron chi connectivity index (χ4n) is 3.99. The van der Waals surface area contributed by atoms with Gasteiger partial charge in [-0.05, 0) is 42.5 Å². The molecule has 0 spiro atoms. The number of carbonyl (C=O) groups excluding carboxylic acids is 2. The molecule has 1 fully saturated rings. The molecule has 190 valence electrons. The standard InChI is InChI=1S/C27H37N3O5/c28-13-16-33-18-19-34-17-14-29-27(32)25-8-4-5-15-30(25)26(31)20-22-9-11-24(12-10-22)35-21-23-6-2-1-3-7-23/h1-3,6-7,9-12,25H,4-5,8,13-21,28H2,(H,29,32). The molecule has 2 aromatic rings. The molecule has 0 aliphatic carbocycles. The van der Waals surface area contributed by atoms with Crippen LogP contribution in [0.5, 0.6) is 5.75 Å². The number of amides is 2. The first-order valence-electron chi connectivity index (χ1n) is 12.4. The van der Waals surface area contributed by atoms with Gasteiger partial charge in [0.1, 0.15) is 18.4 Å².